The van der Waals surface area contributed by atoms with Gasteiger partial charge in [0.1, 0.15) is 13.2 Å². The monoisotopic (exact) mass is 256 g/mol. The van der Waals surface area contributed by atoms with Gasteiger partial charge >= 0.3 is 0 Å². The van der Waals surface area contributed by atoms with Gasteiger partial charge in [-0.3, -0.25) is 0 Å². The van der Waals surface area contributed by atoms with Gasteiger partial charge in [-0.15, -0.1) is 0 Å². The van der Waals surface area contributed by atoms with Gasteiger partial charge in [-0.05, 0) is 35.2 Å². The molecule has 1 aliphatic heterocycles. The zero-order chi connectivity index (χ0) is 13.1. The van der Waals surface area contributed by atoms with E-state index in [1.807, 2.05) is 30.3 Å². The Morgan fingerprint density at radius 3 is 2.26 bits per heavy atom. The van der Waals surface area contributed by atoms with Crippen LogP contribution in [0.15, 0.2) is 42.5 Å². The predicted octanol–water partition coefficient (Wildman–Crippen LogP) is 2.69. The molecule has 2 aromatic carbocycles. The SMILES string of the molecule is OCCc1ccc2c(c1)OCc1ccccc1CO2. The Balaban J connectivity index is 1.89. The highest BCUT2D eigenvalue weighted by atomic mass is 16.5. The van der Waals surface area contributed by atoms with E-state index in [4.69, 9.17) is 14.6 Å². The second-order valence-corrected chi connectivity index (χ2v) is 4.60. The molecule has 0 fully saturated rings. The lowest BCUT2D eigenvalue weighted by atomic mass is 10.1. The minimum Gasteiger partial charge on any atom is -0.485 e. The molecule has 0 spiro atoms. The highest BCUT2D eigenvalue weighted by Gasteiger charge is 2.13. The lowest BCUT2D eigenvalue weighted by molar-refractivity contribution is 0.237. The van der Waals surface area contributed by atoms with Gasteiger partial charge in [0.05, 0.1) is 0 Å². The Kier molecular flexibility index (Phi) is 3.38. The first-order valence-corrected chi connectivity index (χ1v) is 6.43. The van der Waals surface area contributed by atoms with Crippen LogP contribution in [0.2, 0.25) is 0 Å². The summed E-state index contributed by atoms with van der Waals surface area (Å²) < 4.78 is 11.6. The molecule has 0 unspecified atom stereocenters. The summed E-state index contributed by atoms with van der Waals surface area (Å²) >= 11 is 0. The molecule has 3 rings (SSSR count). The van der Waals surface area contributed by atoms with E-state index in [1.165, 1.54) is 0 Å². The smallest absolute Gasteiger partial charge is 0.161 e. The summed E-state index contributed by atoms with van der Waals surface area (Å²) in [4.78, 5) is 0. The van der Waals surface area contributed by atoms with Crippen LogP contribution in [-0.4, -0.2) is 11.7 Å². The molecule has 0 aromatic heterocycles. The van der Waals surface area contributed by atoms with Crippen molar-refractivity contribution in [2.75, 3.05) is 6.61 Å². The highest BCUT2D eigenvalue weighted by molar-refractivity contribution is 5.44. The van der Waals surface area contributed by atoms with Gasteiger partial charge in [0.25, 0.3) is 0 Å². The van der Waals surface area contributed by atoms with Crippen molar-refractivity contribution in [1.29, 1.82) is 0 Å². The van der Waals surface area contributed by atoms with Crippen molar-refractivity contribution in [2.45, 2.75) is 19.6 Å². The number of aliphatic hydroxyl groups excluding tert-OH is 1. The first-order chi connectivity index (χ1) is 9.36. The third-order valence-corrected chi connectivity index (χ3v) is 3.29. The van der Waals surface area contributed by atoms with E-state index in [0.717, 1.165) is 28.2 Å². The Labute approximate surface area is 112 Å². The van der Waals surface area contributed by atoms with Gasteiger partial charge < -0.3 is 14.6 Å². The minimum atomic E-state index is 0.141. The van der Waals surface area contributed by atoms with Crippen LogP contribution in [-0.2, 0) is 19.6 Å². The summed E-state index contributed by atoms with van der Waals surface area (Å²) in [5, 5.41) is 8.98. The maximum Gasteiger partial charge on any atom is 0.161 e. The zero-order valence-corrected chi connectivity index (χ0v) is 10.6. The van der Waals surface area contributed by atoms with E-state index in [1.54, 1.807) is 0 Å². The summed E-state index contributed by atoms with van der Waals surface area (Å²) in [6, 6.07) is 14.0. The molecule has 2 aromatic rings. The summed E-state index contributed by atoms with van der Waals surface area (Å²) in [7, 11) is 0. The molecule has 1 aliphatic rings. The zero-order valence-electron chi connectivity index (χ0n) is 10.6. The number of ether oxygens (including phenoxy) is 2. The van der Waals surface area contributed by atoms with Crippen molar-refractivity contribution >= 4 is 0 Å². The molecule has 0 saturated carbocycles. The topological polar surface area (TPSA) is 38.7 Å². The van der Waals surface area contributed by atoms with Crippen molar-refractivity contribution in [3.63, 3.8) is 0 Å². The van der Waals surface area contributed by atoms with Gasteiger partial charge in [0.2, 0.25) is 0 Å². The summed E-state index contributed by atoms with van der Waals surface area (Å²) in [6.45, 7) is 1.25. The molecule has 0 atom stereocenters. The Morgan fingerprint density at radius 1 is 0.895 bits per heavy atom. The van der Waals surface area contributed by atoms with Crippen LogP contribution in [0, 0.1) is 0 Å². The van der Waals surface area contributed by atoms with Gasteiger partial charge in [-0.25, -0.2) is 0 Å². The van der Waals surface area contributed by atoms with E-state index in [2.05, 4.69) is 12.1 Å². The number of rotatable bonds is 2. The van der Waals surface area contributed by atoms with Crippen LogP contribution in [0.5, 0.6) is 11.5 Å². The van der Waals surface area contributed by atoms with Crippen LogP contribution in [0.1, 0.15) is 16.7 Å². The number of aliphatic hydroxyl groups is 1. The molecule has 1 heterocycles. The van der Waals surface area contributed by atoms with Crippen molar-refractivity contribution < 1.29 is 14.6 Å². The van der Waals surface area contributed by atoms with Crippen LogP contribution in [0.3, 0.4) is 0 Å². The molecule has 0 aliphatic carbocycles. The van der Waals surface area contributed by atoms with Gasteiger partial charge in [-0.2, -0.15) is 0 Å². The fourth-order valence-corrected chi connectivity index (χ4v) is 2.22. The number of hydrogen-bond acceptors (Lipinski definition) is 3. The molecular weight excluding hydrogens is 240 g/mol. The normalized spacial score (nSPS) is 13.3. The molecule has 3 heteroatoms. The van der Waals surface area contributed by atoms with E-state index in [0.29, 0.717) is 19.6 Å². The summed E-state index contributed by atoms with van der Waals surface area (Å²) in [5.74, 6) is 1.51. The minimum absolute atomic E-state index is 0.141. The van der Waals surface area contributed by atoms with Crippen molar-refractivity contribution in [1.82, 2.24) is 0 Å². The molecule has 0 amide bonds. The lowest BCUT2D eigenvalue weighted by Gasteiger charge is -2.19. The molecule has 1 N–H and O–H groups in total. The van der Waals surface area contributed by atoms with E-state index in [9.17, 15) is 0 Å². The average Bonchev–Trinajstić information content (AvgIpc) is 2.42. The third kappa shape index (κ3) is 2.56. The van der Waals surface area contributed by atoms with Crippen LogP contribution in [0.4, 0.5) is 0 Å². The Morgan fingerprint density at radius 2 is 1.58 bits per heavy atom. The van der Waals surface area contributed by atoms with Gasteiger partial charge in [-0.1, -0.05) is 30.3 Å². The Bertz CT molecular complexity index is 578. The van der Waals surface area contributed by atoms with E-state index >= 15 is 0 Å². The first-order valence-electron chi connectivity index (χ1n) is 6.43. The maximum atomic E-state index is 8.98. The average molecular weight is 256 g/mol. The van der Waals surface area contributed by atoms with Gasteiger partial charge in [0.15, 0.2) is 11.5 Å². The fraction of sp³-hybridized carbons (Fsp3) is 0.250. The molecule has 3 nitrogen and oxygen atoms in total. The fourth-order valence-electron chi connectivity index (χ4n) is 2.22. The van der Waals surface area contributed by atoms with Crippen molar-refractivity contribution in [3.05, 3.63) is 59.2 Å². The lowest BCUT2D eigenvalue weighted by Crippen LogP contribution is -2.08. The summed E-state index contributed by atoms with van der Waals surface area (Å²) in [5.41, 5.74) is 3.37. The number of fused-ring (bicyclic) bond motifs is 2. The molecule has 0 radical (unpaired) electrons. The second-order valence-electron chi connectivity index (χ2n) is 4.60. The largest absolute Gasteiger partial charge is 0.485 e. The molecule has 0 saturated heterocycles. The molecule has 0 bridgehead atoms. The van der Waals surface area contributed by atoms with Crippen LogP contribution in [0.25, 0.3) is 0 Å². The second kappa shape index (κ2) is 5.33. The third-order valence-electron chi connectivity index (χ3n) is 3.29. The van der Waals surface area contributed by atoms with E-state index < -0.39 is 0 Å². The van der Waals surface area contributed by atoms with Gasteiger partial charge in [0, 0.05) is 6.61 Å². The molecular formula is C16H16O3. The summed E-state index contributed by atoms with van der Waals surface area (Å²) in [6.07, 6.45) is 0.632. The molecule has 19 heavy (non-hydrogen) atoms. The van der Waals surface area contributed by atoms with Crippen molar-refractivity contribution in [2.24, 2.45) is 0 Å². The quantitative estimate of drug-likeness (QED) is 0.897. The first kappa shape index (κ1) is 12.1. The maximum absolute atomic E-state index is 8.98. The van der Waals surface area contributed by atoms with Crippen molar-refractivity contribution in [3.8, 4) is 11.5 Å². The van der Waals surface area contributed by atoms with Crippen LogP contribution >= 0.6 is 0 Å². The standard InChI is InChI=1S/C16H16O3/c17-8-7-12-5-6-15-16(9-12)19-11-14-4-2-1-3-13(14)10-18-15/h1-6,9,17H,7-8,10-11H2. The molecule has 98 valence electrons. The number of benzene rings is 2. The number of hydrogen-bond donors (Lipinski definition) is 1. The predicted molar refractivity (Wildman–Crippen MR) is 72.3 cm³/mol. The van der Waals surface area contributed by atoms with Crippen LogP contribution < -0.4 is 9.47 Å². The van der Waals surface area contributed by atoms with E-state index in [-0.39, 0.29) is 6.61 Å². The Hall–Kier alpha value is -2.00. The highest BCUT2D eigenvalue weighted by Crippen LogP contribution is 2.32.